The second kappa shape index (κ2) is 16.1. The van der Waals surface area contributed by atoms with Crippen molar-refractivity contribution < 1.29 is 18.7 Å². The summed E-state index contributed by atoms with van der Waals surface area (Å²) in [6.45, 7) is 1.26. The molecule has 2 N–H and O–H groups in total. The van der Waals surface area contributed by atoms with Crippen molar-refractivity contribution in [3.8, 4) is 33.6 Å². The van der Waals surface area contributed by atoms with E-state index < -0.39 is 12.1 Å². The summed E-state index contributed by atoms with van der Waals surface area (Å²) in [4.78, 5) is 49.4. The molecule has 4 atom stereocenters. The number of nitrogens with zero attached hydrogens (tertiary/aromatic N) is 5. The number of halogens is 1. The summed E-state index contributed by atoms with van der Waals surface area (Å²) in [5.74, 6) is 0.950. The van der Waals surface area contributed by atoms with E-state index in [1.807, 2.05) is 52.5 Å². The summed E-state index contributed by atoms with van der Waals surface area (Å²) in [7, 11) is 5.19. The topological polar surface area (TPSA) is 110 Å². The number of aromatic nitrogens is 4. The first-order valence-electron chi connectivity index (χ1n) is 19.2. The Morgan fingerprint density at radius 2 is 1.18 bits per heavy atom. The van der Waals surface area contributed by atoms with Crippen LogP contribution in [0.15, 0.2) is 116 Å². The molecule has 8 rings (SSSR count). The van der Waals surface area contributed by atoms with Crippen LogP contribution in [0.4, 0.5) is 4.39 Å². The number of nitrogens with one attached hydrogen (secondary N) is 2. The first kappa shape index (κ1) is 37.0. The Bertz CT molecular complexity index is 2290. The molecule has 6 aromatic rings. The van der Waals surface area contributed by atoms with Gasteiger partial charge in [0.2, 0.25) is 5.91 Å². The fraction of sp³-hybridized carbons (Fsp3) is 0.289. The Morgan fingerprint density at radius 1 is 0.696 bits per heavy atom. The lowest BCUT2D eigenvalue weighted by Crippen LogP contribution is -2.40. The van der Waals surface area contributed by atoms with Crippen LogP contribution in [0, 0.1) is 5.82 Å². The van der Waals surface area contributed by atoms with E-state index in [4.69, 9.17) is 14.7 Å². The van der Waals surface area contributed by atoms with E-state index in [9.17, 15) is 14.0 Å². The fourth-order valence-corrected chi connectivity index (χ4v) is 8.26. The first-order valence-corrected chi connectivity index (χ1v) is 19.2. The average molecular weight is 752 g/mol. The number of methoxy groups -OCH3 is 1. The zero-order valence-electron chi connectivity index (χ0n) is 31.9. The zero-order valence-corrected chi connectivity index (χ0v) is 31.9. The van der Waals surface area contributed by atoms with Gasteiger partial charge in [0.15, 0.2) is 6.10 Å². The Labute approximate surface area is 326 Å². The van der Waals surface area contributed by atoms with E-state index in [2.05, 4.69) is 58.5 Å². The van der Waals surface area contributed by atoms with Crippen molar-refractivity contribution in [1.29, 1.82) is 0 Å². The molecule has 0 unspecified atom stereocenters. The molecule has 56 heavy (non-hydrogen) atoms. The van der Waals surface area contributed by atoms with Gasteiger partial charge in [-0.05, 0) is 73.7 Å². The number of likely N-dealkylation sites (tertiary alicyclic amines) is 2. The Morgan fingerprint density at radius 3 is 1.68 bits per heavy atom. The van der Waals surface area contributed by atoms with Gasteiger partial charge in [-0.15, -0.1) is 0 Å². The van der Waals surface area contributed by atoms with E-state index >= 15 is 0 Å². The van der Waals surface area contributed by atoms with Gasteiger partial charge in [0.25, 0.3) is 5.91 Å². The Balaban J connectivity index is 0.930. The number of ether oxygens (including phenoxy) is 1. The minimum atomic E-state index is -0.723. The number of hydrogen-bond donors (Lipinski definition) is 2. The van der Waals surface area contributed by atoms with Crippen molar-refractivity contribution in [2.24, 2.45) is 0 Å². The molecule has 0 spiro atoms. The van der Waals surface area contributed by atoms with Gasteiger partial charge in [0.05, 0.1) is 35.9 Å². The molecule has 10 nitrogen and oxygen atoms in total. The number of hydrogen-bond acceptors (Lipinski definition) is 6. The smallest absolute Gasteiger partial charge is 0.256 e. The maximum atomic E-state index is 14.8. The van der Waals surface area contributed by atoms with Gasteiger partial charge >= 0.3 is 0 Å². The molecular formula is C45H46FN7O3. The number of carbonyl (C=O) groups is 2. The third-order valence-corrected chi connectivity index (χ3v) is 11.1. The number of benzene rings is 4. The lowest BCUT2D eigenvalue weighted by Gasteiger charge is -2.31. The number of imidazole rings is 2. The standard InChI is InChI=1S/C45H46FN7O3/c1-51(2)40(34-13-7-8-14-35(34)46)44(54)52-25-9-15-38(52)42-47-27-36(49-42)31-21-17-29(18-22-31)30-19-23-32(24-20-30)37-28-48-43(50-37)39-16-10-26-53(39)45(55)41(56-3)33-11-5-4-6-12-33/h4-8,11-14,17-24,27-28,38-41H,9-10,15-16,25-26H2,1-3H3,(H,47,49)(H,48,50)/t38-,39-,40+,41+/m0/s1. The van der Waals surface area contributed by atoms with Gasteiger partial charge in [-0.1, -0.05) is 97.1 Å². The van der Waals surface area contributed by atoms with E-state index in [0.29, 0.717) is 18.7 Å². The maximum Gasteiger partial charge on any atom is 0.256 e. The van der Waals surface area contributed by atoms with E-state index in [1.165, 1.54) is 6.07 Å². The molecule has 11 heteroatoms. The largest absolute Gasteiger partial charge is 0.367 e. The summed E-state index contributed by atoms with van der Waals surface area (Å²) < 4.78 is 20.5. The summed E-state index contributed by atoms with van der Waals surface area (Å²) in [5, 5.41) is 0. The highest BCUT2D eigenvalue weighted by Crippen LogP contribution is 2.37. The van der Waals surface area contributed by atoms with E-state index in [-0.39, 0.29) is 29.7 Å². The van der Waals surface area contributed by atoms with E-state index in [1.54, 1.807) is 44.3 Å². The molecule has 0 radical (unpaired) electrons. The molecule has 0 aliphatic carbocycles. The summed E-state index contributed by atoms with van der Waals surface area (Å²) in [6.07, 6.45) is 6.39. The third-order valence-electron chi connectivity index (χ3n) is 11.1. The van der Waals surface area contributed by atoms with Crippen LogP contribution >= 0.6 is 0 Å². The van der Waals surface area contributed by atoms with Crippen LogP contribution in [-0.4, -0.2) is 80.7 Å². The van der Waals surface area contributed by atoms with Crippen molar-refractivity contribution >= 4 is 11.8 Å². The fourth-order valence-electron chi connectivity index (χ4n) is 8.26. The van der Waals surface area contributed by atoms with Gasteiger partial charge in [-0.2, -0.15) is 0 Å². The minimum Gasteiger partial charge on any atom is -0.367 e. The maximum absolute atomic E-state index is 14.8. The lowest BCUT2D eigenvalue weighted by atomic mass is 10.0. The Kier molecular flexibility index (Phi) is 10.6. The summed E-state index contributed by atoms with van der Waals surface area (Å²) in [5.41, 5.74) is 7.14. The summed E-state index contributed by atoms with van der Waals surface area (Å²) in [6, 6.07) is 31.7. The van der Waals surface area contributed by atoms with Crippen LogP contribution in [-0.2, 0) is 14.3 Å². The molecule has 2 saturated heterocycles. The van der Waals surface area contributed by atoms with Crippen LogP contribution in [0.3, 0.4) is 0 Å². The van der Waals surface area contributed by atoms with Gasteiger partial charge in [-0.25, -0.2) is 14.4 Å². The van der Waals surface area contributed by atoms with Gasteiger partial charge in [-0.3, -0.25) is 14.5 Å². The van der Waals surface area contributed by atoms with Gasteiger partial charge < -0.3 is 24.5 Å². The first-order chi connectivity index (χ1) is 27.3. The van der Waals surface area contributed by atoms with Crippen LogP contribution in [0.2, 0.25) is 0 Å². The number of amides is 2. The molecule has 4 heterocycles. The van der Waals surface area contributed by atoms with Crippen LogP contribution in [0.1, 0.15) is 72.7 Å². The van der Waals surface area contributed by atoms with Crippen LogP contribution in [0.25, 0.3) is 33.6 Å². The predicted molar refractivity (Wildman–Crippen MR) is 213 cm³/mol. The molecule has 2 amide bonds. The second-order valence-electron chi connectivity index (χ2n) is 14.8. The van der Waals surface area contributed by atoms with Crippen LogP contribution in [0.5, 0.6) is 0 Å². The Hall–Kier alpha value is -5.91. The van der Waals surface area contributed by atoms with Crippen molar-refractivity contribution in [1.82, 2.24) is 34.6 Å². The normalized spacial score (nSPS) is 18.1. The number of H-pyrrole nitrogens is 2. The highest BCUT2D eigenvalue weighted by molar-refractivity contribution is 5.84. The minimum absolute atomic E-state index is 0.0499. The molecule has 0 bridgehead atoms. The lowest BCUT2D eigenvalue weighted by molar-refractivity contribution is -0.143. The number of likely N-dealkylation sites (N-methyl/N-ethyl adjacent to an activating group) is 1. The number of rotatable bonds is 11. The number of carbonyl (C=O) groups excluding carboxylic acids is 2. The molecule has 4 aromatic carbocycles. The van der Waals surface area contributed by atoms with Gasteiger partial charge in [0.1, 0.15) is 23.5 Å². The van der Waals surface area contributed by atoms with Gasteiger partial charge in [0, 0.05) is 25.8 Å². The molecule has 286 valence electrons. The molecule has 2 fully saturated rings. The zero-order chi connectivity index (χ0) is 38.8. The van der Waals surface area contributed by atoms with E-state index in [0.717, 1.165) is 76.5 Å². The van der Waals surface area contributed by atoms with Crippen LogP contribution < -0.4 is 0 Å². The second-order valence-corrected chi connectivity index (χ2v) is 14.8. The van der Waals surface area contributed by atoms with Crippen molar-refractivity contribution in [2.75, 3.05) is 34.3 Å². The SMILES string of the molecule is CO[C@@H](C(=O)N1CCC[C@H]1c1ncc(-c2ccc(-c3ccc(-c4cnc([C@@H]5CCCN5C(=O)[C@@H](c5ccccc5F)N(C)C)[nH]4)cc3)cc2)[nH]1)c1ccccc1. The van der Waals surface area contributed by atoms with Crippen molar-refractivity contribution in [2.45, 2.75) is 49.9 Å². The number of aromatic amines is 2. The predicted octanol–water partition coefficient (Wildman–Crippen LogP) is 8.29. The molecular weight excluding hydrogens is 706 g/mol. The third kappa shape index (κ3) is 7.27. The highest BCUT2D eigenvalue weighted by atomic mass is 19.1. The van der Waals surface area contributed by atoms with Crippen molar-refractivity contribution in [3.63, 3.8) is 0 Å². The average Bonchev–Trinajstić information content (AvgIpc) is 4.07. The van der Waals surface area contributed by atoms with Crippen molar-refractivity contribution in [3.05, 3.63) is 144 Å². The molecule has 0 saturated carbocycles. The molecule has 2 aliphatic heterocycles. The highest BCUT2D eigenvalue weighted by Gasteiger charge is 2.38. The molecule has 2 aromatic heterocycles. The monoisotopic (exact) mass is 751 g/mol. The molecule has 2 aliphatic rings. The summed E-state index contributed by atoms with van der Waals surface area (Å²) >= 11 is 0. The quantitative estimate of drug-likeness (QED) is 0.138.